The van der Waals surface area contributed by atoms with Crippen LogP contribution >= 0.6 is 0 Å². The molecule has 0 radical (unpaired) electrons. The Bertz CT molecular complexity index is 722. The molecule has 0 aromatic heterocycles. The van der Waals surface area contributed by atoms with Gasteiger partial charge in [-0.3, -0.25) is 9.59 Å². The van der Waals surface area contributed by atoms with Gasteiger partial charge in [-0.15, -0.1) is 0 Å². The van der Waals surface area contributed by atoms with Crippen LogP contribution in [0.25, 0.3) is 0 Å². The quantitative estimate of drug-likeness (QED) is 0.857. The highest BCUT2D eigenvalue weighted by Crippen LogP contribution is 2.44. The highest BCUT2D eigenvalue weighted by atomic mass is 16.5. The number of nitrogens with zero attached hydrogens (tertiary/aromatic N) is 1. The molecule has 2 amide bonds. The molecule has 2 aliphatic carbocycles. The van der Waals surface area contributed by atoms with Crippen LogP contribution < -0.4 is 10.1 Å². The summed E-state index contributed by atoms with van der Waals surface area (Å²) in [6.07, 6.45) is 8.52. The molecule has 5 heteroatoms. The zero-order valence-corrected chi connectivity index (χ0v) is 14.5. The van der Waals surface area contributed by atoms with Crippen molar-refractivity contribution in [2.75, 3.05) is 25.5 Å². The van der Waals surface area contributed by atoms with E-state index in [-0.39, 0.29) is 17.7 Å². The second-order valence-electron chi connectivity index (χ2n) is 7.29. The number of benzene rings is 1. The van der Waals surface area contributed by atoms with E-state index in [1.54, 1.807) is 25.3 Å². The summed E-state index contributed by atoms with van der Waals surface area (Å²) in [7, 11) is 1.58. The van der Waals surface area contributed by atoms with Crippen LogP contribution in [0.3, 0.4) is 0 Å². The minimum atomic E-state index is 0.0256. The highest BCUT2D eigenvalue weighted by molar-refractivity contribution is 5.99. The Labute approximate surface area is 148 Å². The van der Waals surface area contributed by atoms with Crippen LogP contribution in [-0.2, 0) is 4.79 Å². The maximum atomic E-state index is 12.7. The van der Waals surface area contributed by atoms with Gasteiger partial charge in [0, 0.05) is 24.6 Å². The van der Waals surface area contributed by atoms with Crippen molar-refractivity contribution in [1.82, 2.24) is 4.90 Å². The molecule has 25 heavy (non-hydrogen) atoms. The topological polar surface area (TPSA) is 58.6 Å². The second-order valence-corrected chi connectivity index (χ2v) is 7.29. The van der Waals surface area contributed by atoms with Crippen LogP contribution in [0.15, 0.2) is 30.4 Å². The van der Waals surface area contributed by atoms with Crippen LogP contribution in [0, 0.1) is 17.8 Å². The largest absolute Gasteiger partial charge is 0.495 e. The molecule has 1 aromatic carbocycles. The smallest absolute Gasteiger partial charge is 0.253 e. The summed E-state index contributed by atoms with van der Waals surface area (Å²) in [5.74, 6) is 1.57. The van der Waals surface area contributed by atoms with Gasteiger partial charge >= 0.3 is 0 Å². The molecule has 0 spiro atoms. The molecular formula is C20H24N2O3. The van der Waals surface area contributed by atoms with E-state index in [0.29, 0.717) is 28.8 Å². The molecule has 1 N–H and O–H groups in total. The first-order valence-electron chi connectivity index (χ1n) is 9.12. The number of carbonyl (C=O) groups is 2. The van der Waals surface area contributed by atoms with Gasteiger partial charge in [0.1, 0.15) is 5.75 Å². The lowest BCUT2D eigenvalue weighted by atomic mass is 9.92. The number of nitrogens with one attached hydrogen (secondary N) is 1. The fraction of sp³-hybridized carbons (Fsp3) is 0.500. The summed E-state index contributed by atoms with van der Waals surface area (Å²) >= 11 is 0. The second kappa shape index (κ2) is 6.54. The lowest BCUT2D eigenvalue weighted by molar-refractivity contribution is -0.120. The van der Waals surface area contributed by atoms with Gasteiger partial charge < -0.3 is 15.0 Å². The van der Waals surface area contributed by atoms with Crippen molar-refractivity contribution >= 4 is 17.5 Å². The van der Waals surface area contributed by atoms with E-state index >= 15 is 0 Å². The third kappa shape index (κ3) is 3.03. The number of hydrogen-bond donors (Lipinski definition) is 1. The third-order valence-electron chi connectivity index (χ3n) is 5.71. The van der Waals surface area contributed by atoms with Crippen LogP contribution in [0.4, 0.5) is 5.69 Å². The molecule has 1 saturated carbocycles. The van der Waals surface area contributed by atoms with Crippen molar-refractivity contribution in [1.29, 1.82) is 0 Å². The lowest BCUT2D eigenvalue weighted by Gasteiger charge is -2.20. The number of rotatable bonds is 4. The van der Waals surface area contributed by atoms with Gasteiger partial charge in [0.05, 0.1) is 12.8 Å². The minimum absolute atomic E-state index is 0.0256. The maximum Gasteiger partial charge on any atom is 0.253 e. The SMILES string of the molecule is COc1ccc(C(=O)N2CCCC2)cc1NC(=O)[C@H]1C[C@@H]2C=C[C@@H]1C2. The molecule has 1 aromatic rings. The summed E-state index contributed by atoms with van der Waals surface area (Å²) in [6.45, 7) is 1.62. The average Bonchev–Trinajstić information content (AvgIpc) is 3.38. The van der Waals surface area contributed by atoms with Crippen LogP contribution in [0.5, 0.6) is 5.75 Å². The number of methoxy groups -OCH3 is 1. The van der Waals surface area contributed by atoms with E-state index in [0.717, 1.165) is 38.8 Å². The Morgan fingerprint density at radius 1 is 1.16 bits per heavy atom. The minimum Gasteiger partial charge on any atom is -0.495 e. The number of allylic oxidation sites excluding steroid dienone is 2. The summed E-state index contributed by atoms with van der Waals surface area (Å²) < 4.78 is 5.38. The summed E-state index contributed by atoms with van der Waals surface area (Å²) in [5, 5.41) is 3.01. The number of likely N-dealkylation sites (tertiary alicyclic amines) is 1. The zero-order valence-electron chi connectivity index (χ0n) is 14.5. The Balaban J connectivity index is 1.53. The van der Waals surface area contributed by atoms with E-state index in [9.17, 15) is 9.59 Å². The van der Waals surface area contributed by atoms with Crippen molar-refractivity contribution < 1.29 is 14.3 Å². The molecule has 4 rings (SSSR count). The molecule has 1 saturated heterocycles. The van der Waals surface area contributed by atoms with Crippen molar-refractivity contribution in [3.8, 4) is 5.75 Å². The summed E-state index contributed by atoms with van der Waals surface area (Å²) in [5.41, 5.74) is 1.19. The standard InChI is InChI=1S/C20H24N2O3/c1-25-18-7-6-15(20(24)22-8-2-3-9-22)12-17(18)21-19(23)16-11-13-4-5-14(16)10-13/h4-7,12-14,16H,2-3,8-11H2,1H3,(H,21,23)/t13-,14-,16+/m1/s1. The van der Waals surface area contributed by atoms with Crippen molar-refractivity contribution in [2.45, 2.75) is 25.7 Å². The van der Waals surface area contributed by atoms with Gasteiger partial charge in [-0.1, -0.05) is 12.2 Å². The fourth-order valence-electron chi connectivity index (χ4n) is 4.35. The molecular weight excluding hydrogens is 316 g/mol. The third-order valence-corrected chi connectivity index (χ3v) is 5.71. The van der Waals surface area contributed by atoms with Gasteiger partial charge in [-0.25, -0.2) is 0 Å². The van der Waals surface area contributed by atoms with E-state index in [1.807, 2.05) is 4.90 Å². The normalized spacial score (nSPS) is 26.9. The van der Waals surface area contributed by atoms with Crippen molar-refractivity contribution in [2.24, 2.45) is 17.8 Å². The Hall–Kier alpha value is -2.30. The van der Waals surface area contributed by atoms with Gasteiger partial charge in [-0.2, -0.15) is 0 Å². The molecule has 1 aliphatic heterocycles. The van der Waals surface area contributed by atoms with Crippen LogP contribution in [-0.4, -0.2) is 36.9 Å². The predicted octanol–water partition coefficient (Wildman–Crippen LogP) is 3.08. The zero-order chi connectivity index (χ0) is 17.4. The lowest BCUT2D eigenvalue weighted by Crippen LogP contribution is -2.28. The number of anilines is 1. The molecule has 0 unspecified atom stereocenters. The highest BCUT2D eigenvalue weighted by Gasteiger charge is 2.40. The Morgan fingerprint density at radius 3 is 2.60 bits per heavy atom. The predicted molar refractivity (Wildman–Crippen MR) is 95.6 cm³/mol. The van der Waals surface area contributed by atoms with Gasteiger partial charge in [-0.05, 0) is 55.7 Å². The molecule has 5 nitrogen and oxygen atoms in total. The number of carbonyl (C=O) groups excluding carboxylic acids is 2. The monoisotopic (exact) mass is 340 g/mol. The van der Waals surface area contributed by atoms with Gasteiger partial charge in [0.2, 0.25) is 5.91 Å². The number of amides is 2. The van der Waals surface area contributed by atoms with E-state index in [1.165, 1.54) is 0 Å². The first kappa shape index (κ1) is 16.2. The molecule has 2 bridgehead atoms. The number of hydrogen-bond acceptors (Lipinski definition) is 3. The number of ether oxygens (including phenoxy) is 1. The molecule has 3 aliphatic rings. The van der Waals surface area contributed by atoms with E-state index in [4.69, 9.17) is 4.74 Å². The Morgan fingerprint density at radius 2 is 1.96 bits per heavy atom. The Kier molecular flexibility index (Phi) is 4.24. The summed E-state index contributed by atoms with van der Waals surface area (Å²) in [6, 6.07) is 5.29. The van der Waals surface area contributed by atoms with Crippen LogP contribution in [0.1, 0.15) is 36.0 Å². The number of fused-ring (bicyclic) bond motifs is 2. The average molecular weight is 340 g/mol. The molecule has 132 valence electrons. The van der Waals surface area contributed by atoms with Gasteiger partial charge in [0.15, 0.2) is 0 Å². The van der Waals surface area contributed by atoms with Gasteiger partial charge in [0.25, 0.3) is 5.91 Å². The van der Waals surface area contributed by atoms with E-state index in [2.05, 4.69) is 17.5 Å². The van der Waals surface area contributed by atoms with E-state index < -0.39 is 0 Å². The van der Waals surface area contributed by atoms with Crippen molar-refractivity contribution in [3.63, 3.8) is 0 Å². The fourth-order valence-corrected chi connectivity index (χ4v) is 4.35. The first-order valence-corrected chi connectivity index (χ1v) is 9.12. The molecule has 1 heterocycles. The van der Waals surface area contributed by atoms with Crippen LogP contribution in [0.2, 0.25) is 0 Å². The summed E-state index contributed by atoms with van der Waals surface area (Å²) in [4.78, 5) is 27.2. The van der Waals surface area contributed by atoms with Crippen molar-refractivity contribution in [3.05, 3.63) is 35.9 Å². The molecule has 3 atom stereocenters. The molecule has 2 fully saturated rings. The maximum absolute atomic E-state index is 12.7. The first-order chi connectivity index (χ1) is 12.2.